The van der Waals surface area contributed by atoms with Crippen molar-refractivity contribution in [2.75, 3.05) is 31.2 Å². The molecule has 3 heteroatoms. The van der Waals surface area contributed by atoms with Gasteiger partial charge in [-0.15, -0.1) is 0 Å². The molecule has 0 atom stereocenters. The lowest BCUT2D eigenvalue weighted by molar-refractivity contribution is -0.127. The average molecular weight is 190 g/mol. The fourth-order valence-electron chi connectivity index (χ4n) is 2.15. The Morgan fingerprint density at radius 1 is 1.36 bits per heavy atom. The zero-order valence-corrected chi connectivity index (χ0v) is 8.36. The van der Waals surface area contributed by atoms with Crippen molar-refractivity contribution in [2.45, 2.75) is 6.92 Å². The molecule has 2 aliphatic heterocycles. The van der Waals surface area contributed by atoms with Gasteiger partial charge in [0.2, 0.25) is 0 Å². The largest absolute Gasteiger partial charge is 0.380 e. The van der Waals surface area contributed by atoms with Crippen molar-refractivity contribution in [1.82, 2.24) is 4.98 Å². The molecule has 2 fully saturated rings. The van der Waals surface area contributed by atoms with E-state index in [1.54, 1.807) is 0 Å². The highest BCUT2D eigenvalue weighted by Crippen LogP contribution is 2.39. The van der Waals surface area contributed by atoms with Crippen molar-refractivity contribution in [3.63, 3.8) is 0 Å². The van der Waals surface area contributed by atoms with Crippen LogP contribution in [0.5, 0.6) is 0 Å². The molecule has 2 saturated heterocycles. The minimum Gasteiger partial charge on any atom is -0.380 e. The van der Waals surface area contributed by atoms with Gasteiger partial charge in [0.05, 0.1) is 18.6 Å². The normalized spacial score (nSPS) is 23.1. The van der Waals surface area contributed by atoms with Crippen LogP contribution >= 0.6 is 0 Å². The Labute approximate surface area is 83.7 Å². The molecule has 2 aliphatic rings. The molecule has 1 aromatic heterocycles. The van der Waals surface area contributed by atoms with E-state index in [2.05, 4.69) is 28.9 Å². The maximum Gasteiger partial charge on any atom is 0.128 e. The van der Waals surface area contributed by atoms with Gasteiger partial charge < -0.3 is 9.64 Å². The fraction of sp³-hybridized carbons (Fsp3) is 0.545. The van der Waals surface area contributed by atoms with E-state index in [1.165, 1.54) is 5.56 Å². The maximum atomic E-state index is 5.24. The van der Waals surface area contributed by atoms with Gasteiger partial charge >= 0.3 is 0 Å². The summed E-state index contributed by atoms with van der Waals surface area (Å²) in [6.07, 6.45) is 1.93. The third kappa shape index (κ3) is 1.12. The van der Waals surface area contributed by atoms with E-state index in [0.29, 0.717) is 5.41 Å². The number of hydrogen-bond donors (Lipinski definition) is 0. The summed E-state index contributed by atoms with van der Waals surface area (Å²) in [6, 6.07) is 4.21. The van der Waals surface area contributed by atoms with Crippen LogP contribution in [0, 0.1) is 12.3 Å². The number of rotatable bonds is 1. The Morgan fingerprint density at radius 3 is 2.64 bits per heavy atom. The second-order valence-corrected chi connectivity index (χ2v) is 4.54. The molecule has 0 amide bonds. The smallest absolute Gasteiger partial charge is 0.128 e. The molecule has 3 rings (SSSR count). The molecule has 74 valence electrons. The number of hydrogen-bond acceptors (Lipinski definition) is 3. The third-order valence-electron chi connectivity index (χ3n) is 3.09. The van der Waals surface area contributed by atoms with Crippen molar-refractivity contribution >= 4 is 5.82 Å². The number of ether oxygens (including phenoxy) is 1. The first kappa shape index (κ1) is 8.24. The van der Waals surface area contributed by atoms with Crippen molar-refractivity contribution in [3.05, 3.63) is 23.9 Å². The maximum absolute atomic E-state index is 5.24. The van der Waals surface area contributed by atoms with Gasteiger partial charge in [-0.2, -0.15) is 0 Å². The molecule has 3 nitrogen and oxygen atoms in total. The molecule has 0 N–H and O–H groups in total. The number of aromatic nitrogens is 1. The summed E-state index contributed by atoms with van der Waals surface area (Å²) in [5.41, 5.74) is 1.70. The van der Waals surface area contributed by atoms with E-state index in [9.17, 15) is 0 Å². The van der Waals surface area contributed by atoms with Gasteiger partial charge in [0.1, 0.15) is 5.82 Å². The Kier molecular flexibility index (Phi) is 1.59. The lowest BCUT2D eigenvalue weighted by Gasteiger charge is -2.55. The predicted molar refractivity (Wildman–Crippen MR) is 54.4 cm³/mol. The SMILES string of the molecule is Cc1ccc(N2CC3(COC3)C2)nc1. The third-order valence-corrected chi connectivity index (χ3v) is 3.09. The van der Waals surface area contributed by atoms with Gasteiger partial charge in [0.15, 0.2) is 0 Å². The monoisotopic (exact) mass is 190 g/mol. The van der Waals surface area contributed by atoms with Crippen LogP contribution in [0.2, 0.25) is 0 Å². The van der Waals surface area contributed by atoms with Crippen LogP contribution in [0.4, 0.5) is 5.82 Å². The summed E-state index contributed by atoms with van der Waals surface area (Å²) >= 11 is 0. The molecule has 3 heterocycles. The van der Waals surface area contributed by atoms with Crippen LogP contribution < -0.4 is 4.90 Å². The van der Waals surface area contributed by atoms with Gasteiger partial charge in [0, 0.05) is 19.3 Å². The summed E-state index contributed by atoms with van der Waals surface area (Å²) in [6.45, 7) is 6.17. The van der Waals surface area contributed by atoms with Crippen LogP contribution in [0.15, 0.2) is 18.3 Å². The first-order valence-electron chi connectivity index (χ1n) is 5.03. The summed E-state index contributed by atoms with van der Waals surface area (Å²) in [5, 5.41) is 0. The molecule has 0 radical (unpaired) electrons. The Morgan fingerprint density at radius 2 is 2.14 bits per heavy atom. The van der Waals surface area contributed by atoms with E-state index < -0.39 is 0 Å². The molecular weight excluding hydrogens is 176 g/mol. The van der Waals surface area contributed by atoms with E-state index in [-0.39, 0.29) is 0 Å². The number of aryl methyl sites for hydroxylation is 1. The summed E-state index contributed by atoms with van der Waals surface area (Å²) < 4.78 is 5.24. The van der Waals surface area contributed by atoms with Crippen molar-refractivity contribution < 1.29 is 4.74 Å². The second kappa shape index (κ2) is 2.70. The van der Waals surface area contributed by atoms with Gasteiger partial charge in [-0.05, 0) is 18.6 Å². The topological polar surface area (TPSA) is 25.4 Å². The summed E-state index contributed by atoms with van der Waals surface area (Å²) in [4.78, 5) is 6.73. The van der Waals surface area contributed by atoms with Crippen LogP contribution in [0.1, 0.15) is 5.56 Å². The van der Waals surface area contributed by atoms with Gasteiger partial charge in [-0.25, -0.2) is 4.98 Å². The highest BCUT2D eigenvalue weighted by molar-refractivity contribution is 5.44. The molecule has 0 unspecified atom stereocenters. The molecule has 0 saturated carbocycles. The minimum absolute atomic E-state index is 0.479. The molecule has 1 spiro atoms. The average Bonchev–Trinajstić information content (AvgIpc) is 2.03. The van der Waals surface area contributed by atoms with Gasteiger partial charge in [-0.3, -0.25) is 0 Å². The molecule has 14 heavy (non-hydrogen) atoms. The zero-order valence-electron chi connectivity index (χ0n) is 8.36. The Hall–Kier alpha value is -1.09. The second-order valence-electron chi connectivity index (χ2n) is 4.54. The highest BCUT2D eigenvalue weighted by atomic mass is 16.5. The first-order chi connectivity index (χ1) is 6.77. The number of nitrogens with zero attached hydrogens (tertiary/aromatic N) is 2. The minimum atomic E-state index is 0.479. The van der Waals surface area contributed by atoms with Crippen LogP contribution in [-0.2, 0) is 4.74 Å². The molecular formula is C11H14N2O. The van der Waals surface area contributed by atoms with E-state index in [4.69, 9.17) is 4.74 Å². The molecule has 0 bridgehead atoms. The van der Waals surface area contributed by atoms with Crippen molar-refractivity contribution in [2.24, 2.45) is 5.41 Å². The van der Waals surface area contributed by atoms with Crippen molar-refractivity contribution in [1.29, 1.82) is 0 Å². The standard InChI is InChI=1S/C11H14N2O/c1-9-2-3-10(12-4-9)13-5-11(6-13)7-14-8-11/h2-4H,5-8H2,1H3. The van der Waals surface area contributed by atoms with Crippen molar-refractivity contribution in [3.8, 4) is 0 Å². The molecule has 0 aliphatic carbocycles. The summed E-state index contributed by atoms with van der Waals surface area (Å²) in [5.74, 6) is 1.10. The fourth-order valence-corrected chi connectivity index (χ4v) is 2.15. The predicted octanol–water partition coefficient (Wildman–Crippen LogP) is 1.23. The summed E-state index contributed by atoms with van der Waals surface area (Å²) in [7, 11) is 0. The highest BCUT2D eigenvalue weighted by Gasteiger charge is 2.49. The first-order valence-corrected chi connectivity index (χ1v) is 5.03. The van der Waals surface area contributed by atoms with E-state index >= 15 is 0 Å². The van der Waals surface area contributed by atoms with Crippen LogP contribution in [0.25, 0.3) is 0 Å². The number of anilines is 1. The lowest BCUT2D eigenvalue weighted by Crippen LogP contribution is -2.66. The molecule has 0 aromatic carbocycles. The van der Waals surface area contributed by atoms with E-state index in [1.807, 2.05) is 6.20 Å². The Bertz CT molecular complexity index is 335. The quantitative estimate of drug-likeness (QED) is 0.666. The van der Waals surface area contributed by atoms with Gasteiger partial charge in [-0.1, -0.05) is 6.07 Å². The van der Waals surface area contributed by atoms with Crippen LogP contribution in [0.3, 0.4) is 0 Å². The van der Waals surface area contributed by atoms with E-state index in [0.717, 1.165) is 32.1 Å². The lowest BCUT2D eigenvalue weighted by atomic mass is 9.78. The van der Waals surface area contributed by atoms with Gasteiger partial charge in [0.25, 0.3) is 0 Å². The van der Waals surface area contributed by atoms with Crippen LogP contribution in [-0.4, -0.2) is 31.3 Å². The Balaban J connectivity index is 1.70. The number of pyridine rings is 1. The zero-order chi connectivity index (χ0) is 9.60. The molecule has 1 aromatic rings.